The zero-order valence-corrected chi connectivity index (χ0v) is 14.1. The molecule has 0 radical (unpaired) electrons. The van der Waals surface area contributed by atoms with Crippen molar-refractivity contribution >= 4 is 11.6 Å². The first kappa shape index (κ1) is 16.7. The molecule has 0 bridgehead atoms. The minimum Gasteiger partial charge on any atom is -0.491 e. The lowest BCUT2D eigenvalue weighted by atomic mass is 10.3. The third-order valence-electron chi connectivity index (χ3n) is 3.90. The summed E-state index contributed by atoms with van der Waals surface area (Å²) in [6.07, 6.45) is 4.01. The van der Waals surface area contributed by atoms with E-state index in [2.05, 4.69) is 15.5 Å². The van der Waals surface area contributed by atoms with Crippen molar-refractivity contribution in [2.24, 2.45) is 0 Å². The third kappa shape index (κ3) is 3.68. The summed E-state index contributed by atoms with van der Waals surface area (Å²) in [4.78, 5) is 23.8. The van der Waals surface area contributed by atoms with E-state index in [9.17, 15) is 9.59 Å². The van der Waals surface area contributed by atoms with Gasteiger partial charge in [-0.15, -0.1) is 10.2 Å². The highest BCUT2D eigenvalue weighted by Gasteiger charge is 2.09. The van der Waals surface area contributed by atoms with Crippen molar-refractivity contribution in [1.29, 1.82) is 0 Å². The van der Waals surface area contributed by atoms with Gasteiger partial charge < -0.3 is 14.6 Å². The van der Waals surface area contributed by atoms with E-state index < -0.39 is 0 Å². The summed E-state index contributed by atoms with van der Waals surface area (Å²) in [5.41, 5.74) is 1.28. The van der Waals surface area contributed by atoms with E-state index in [-0.39, 0.29) is 23.6 Å². The Bertz CT molecular complexity index is 960. The Morgan fingerprint density at radius 3 is 2.96 bits per heavy atom. The van der Waals surface area contributed by atoms with Crippen LogP contribution in [-0.2, 0) is 17.8 Å². The molecule has 1 N–H and O–H groups in total. The van der Waals surface area contributed by atoms with Crippen LogP contribution < -0.4 is 15.5 Å². The van der Waals surface area contributed by atoms with Crippen LogP contribution in [0.3, 0.4) is 0 Å². The fourth-order valence-electron chi connectivity index (χ4n) is 2.56. The van der Waals surface area contributed by atoms with E-state index in [1.165, 1.54) is 13.2 Å². The van der Waals surface area contributed by atoms with Crippen molar-refractivity contribution < 1.29 is 9.53 Å². The summed E-state index contributed by atoms with van der Waals surface area (Å²) in [5.74, 6) is 0.855. The number of fused-ring (bicyclic) bond motifs is 1. The maximum Gasteiger partial charge on any atom is 0.239 e. The molecule has 3 aromatic rings. The zero-order valence-electron chi connectivity index (χ0n) is 14.1. The Kier molecular flexibility index (Phi) is 4.78. The molecule has 0 atom stereocenters. The Labute approximate surface area is 144 Å². The van der Waals surface area contributed by atoms with Gasteiger partial charge >= 0.3 is 0 Å². The second-order valence-electron chi connectivity index (χ2n) is 5.62. The molecule has 3 heterocycles. The number of nitrogens with zero attached hydrogens (tertiary/aromatic N) is 4. The highest BCUT2D eigenvalue weighted by atomic mass is 16.5. The van der Waals surface area contributed by atoms with Gasteiger partial charge in [-0.3, -0.25) is 14.0 Å². The van der Waals surface area contributed by atoms with E-state index in [0.29, 0.717) is 18.7 Å². The van der Waals surface area contributed by atoms with Gasteiger partial charge in [-0.1, -0.05) is 6.07 Å². The maximum atomic E-state index is 12.1. The molecule has 0 aromatic carbocycles. The average molecular weight is 341 g/mol. The van der Waals surface area contributed by atoms with Crippen LogP contribution >= 0.6 is 0 Å². The Morgan fingerprint density at radius 1 is 1.32 bits per heavy atom. The molecule has 8 nitrogen and oxygen atoms in total. The normalized spacial score (nSPS) is 10.8. The quantitative estimate of drug-likeness (QED) is 0.708. The van der Waals surface area contributed by atoms with Crippen LogP contribution in [0.5, 0.6) is 5.75 Å². The topological polar surface area (TPSA) is 90.5 Å². The lowest BCUT2D eigenvalue weighted by Crippen LogP contribution is -2.30. The van der Waals surface area contributed by atoms with Crippen LogP contribution in [-0.4, -0.2) is 38.7 Å². The molecule has 0 spiro atoms. The van der Waals surface area contributed by atoms with E-state index in [0.717, 1.165) is 11.5 Å². The number of amides is 1. The molecule has 0 aliphatic rings. The lowest BCUT2D eigenvalue weighted by Gasteiger charge is -2.12. The number of carbonyl (C=O) groups excluding carboxylic acids is 1. The van der Waals surface area contributed by atoms with Crippen molar-refractivity contribution in [1.82, 2.24) is 24.5 Å². The average Bonchev–Trinajstić information content (AvgIpc) is 3.01. The second-order valence-corrected chi connectivity index (χ2v) is 5.62. The standard InChI is InChI=1S/C17H19N5O3/c1-12-9-13(23)14(25-2)10-21(12)11-17(24)18-7-6-16-20-19-15-5-3-4-8-22(15)16/h3-5,8-10H,6-7,11H2,1-2H3,(H,18,24). The van der Waals surface area contributed by atoms with Crippen LogP contribution in [0.25, 0.3) is 5.65 Å². The molecule has 0 saturated heterocycles. The molecule has 0 aliphatic carbocycles. The minimum atomic E-state index is -0.199. The van der Waals surface area contributed by atoms with Crippen LogP contribution in [0, 0.1) is 6.92 Å². The number of nitrogens with one attached hydrogen (secondary N) is 1. The van der Waals surface area contributed by atoms with Crippen LogP contribution in [0.4, 0.5) is 0 Å². The van der Waals surface area contributed by atoms with Gasteiger partial charge in [0.15, 0.2) is 11.4 Å². The summed E-state index contributed by atoms with van der Waals surface area (Å²) >= 11 is 0. The molecule has 0 aliphatic heterocycles. The summed E-state index contributed by atoms with van der Waals surface area (Å²) in [5, 5.41) is 11.1. The smallest absolute Gasteiger partial charge is 0.239 e. The molecular formula is C17H19N5O3. The monoisotopic (exact) mass is 341 g/mol. The Balaban J connectivity index is 1.59. The number of hydrogen-bond donors (Lipinski definition) is 1. The fraction of sp³-hybridized carbons (Fsp3) is 0.294. The fourth-order valence-corrected chi connectivity index (χ4v) is 2.56. The number of aryl methyl sites for hydroxylation is 1. The summed E-state index contributed by atoms with van der Waals surface area (Å²) < 4.78 is 8.58. The molecule has 0 unspecified atom stereocenters. The largest absolute Gasteiger partial charge is 0.491 e. The van der Waals surface area contributed by atoms with E-state index in [4.69, 9.17) is 4.74 Å². The van der Waals surface area contributed by atoms with Gasteiger partial charge in [-0.25, -0.2) is 0 Å². The first-order valence-electron chi connectivity index (χ1n) is 7.89. The van der Waals surface area contributed by atoms with Crippen LogP contribution in [0.15, 0.2) is 41.5 Å². The number of pyridine rings is 2. The molecule has 25 heavy (non-hydrogen) atoms. The summed E-state index contributed by atoms with van der Waals surface area (Å²) in [6.45, 7) is 2.34. The van der Waals surface area contributed by atoms with Gasteiger partial charge in [-0.2, -0.15) is 0 Å². The van der Waals surface area contributed by atoms with Crippen molar-refractivity contribution in [3.8, 4) is 5.75 Å². The van der Waals surface area contributed by atoms with Crippen LogP contribution in [0.2, 0.25) is 0 Å². The van der Waals surface area contributed by atoms with Gasteiger partial charge in [0.25, 0.3) is 0 Å². The molecule has 3 rings (SSSR count). The van der Waals surface area contributed by atoms with E-state index >= 15 is 0 Å². The minimum absolute atomic E-state index is 0.114. The van der Waals surface area contributed by atoms with Gasteiger partial charge in [0.1, 0.15) is 12.4 Å². The number of methoxy groups -OCH3 is 1. The van der Waals surface area contributed by atoms with E-state index in [1.807, 2.05) is 28.8 Å². The number of carbonyl (C=O) groups is 1. The molecule has 130 valence electrons. The third-order valence-corrected chi connectivity index (χ3v) is 3.90. The van der Waals surface area contributed by atoms with Crippen molar-refractivity contribution in [2.75, 3.05) is 13.7 Å². The zero-order chi connectivity index (χ0) is 17.8. The Hall–Kier alpha value is -3.16. The van der Waals surface area contributed by atoms with Crippen molar-refractivity contribution in [2.45, 2.75) is 19.9 Å². The van der Waals surface area contributed by atoms with E-state index in [1.54, 1.807) is 17.7 Å². The predicted octanol–water partition coefficient (Wildman–Crippen LogP) is 0.567. The Morgan fingerprint density at radius 2 is 2.16 bits per heavy atom. The highest BCUT2D eigenvalue weighted by Crippen LogP contribution is 2.06. The van der Waals surface area contributed by atoms with Crippen molar-refractivity contribution in [3.05, 3.63) is 58.4 Å². The van der Waals surface area contributed by atoms with Gasteiger partial charge in [0.05, 0.1) is 13.3 Å². The SMILES string of the molecule is COc1cn(CC(=O)NCCc2nnc3ccccn23)c(C)cc1=O. The summed E-state index contributed by atoms with van der Waals surface area (Å²) in [7, 11) is 1.43. The molecular weight excluding hydrogens is 322 g/mol. The number of hydrogen-bond acceptors (Lipinski definition) is 5. The predicted molar refractivity (Wildman–Crippen MR) is 91.7 cm³/mol. The van der Waals surface area contributed by atoms with Crippen molar-refractivity contribution in [3.63, 3.8) is 0 Å². The first-order valence-corrected chi connectivity index (χ1v) is 7.89. The second kappa shape index (κ2) is 7.16. The highest BCUT2D eigenvalue weighted by molar-refractivity contribution is 5.75. The number of ether oxygens (including phenoxy) is 1. The molecule has 3 aromatic heterocycles. The first-order chi connectivity index (χ1) is 12.1. The molecule has 0 fully saturated rings. The molecule has 8 heteroatoms. The number of aromatic nitrogens is 4. The molecule has 0 saturated carbocycles. The number of rotatable bonds is 6. The van der Waals surface area contributed by atoms with Gasteiger partial charge in [0.2, 0.25) is 11.3 Å². The lowest BCUT2D eigenvalue weighted by molar-refractivity contribution is -0.121. The van der Waals surface area contributed by atoms with Gasteiger partial charge in [0, 0.05) is 30.9 Å². The molecule has 1 amide bonds. The summed E-state index contributed by atoms with van der Waals surface area (Å²) in [6, 6.07) is 7.14. The van der Waals surface area contributed by atoms with Crippen LogP contribution in [0.1, 0.15) is 11.5 Å². The van der Waals surface area contributed by atoms with Gasteiger partial charge in [-0.05, 0) is 19.1 Å². The maximum absolute atomic E-state index is 12.1.